The molecule has 3 aromatic carbocycles. The van der Waals surface area contributed by atoms with Gasteiger partial charge in [0.15, 0.2) is 0 Å². The van der Waals surface area contributed by atoms with Crippen molar-refractivity contribution in [2.75, 3.05) is 18.6 Å². The molecule has 1 aliphatic rings. The molecule has 0 saturated carbocycles. The summed E-state index contributed by atoms with van der Waals surface area (Å²) < 4.78 is 47.1. The zero-order valence-electron chi connectivity index (χ0n) is 19.0. The number of amides is 1. The second-order valence-corrected chi connectivity index (χ2v) is 9.97. The van der Waals surface area contributed by atoms with Crippen molar-refractivity contribution in [3.05, 3.63) is 89.2 Å². The largest absolute Gasteiger partial charge is 0.497 e. The van der Waals surface area contributed by atoms with E-state index in [4.69, 9.17) is 4.74 Å². The smallest absolute Gasteiger partial charge is 0.323 e. The molecule has 182 valence electrons. The lowest BCUT2D eigenvalue weighted by Crippen LogP contribution is -2.50. The minimum atomic E-state index is -4.28. The summed E-state index contributed by atoms with van der Waals surface area (Å²) >= 11 is 0. The molecular weight excluding hydrogens is 475 g/mol. The lowest BCUT2D eigenvalue weighted by Gasteiger charge is -2.28. The molecule has 1 amide bonds. The summed E-state index contributed by atoms with van der Waals surface area (Å²) in [5.41, 5.74) is 1.37. The minimum Gasteiger partial charge on any atom is -0.497 e. The van der Waals surface area contributed by atoms with E-state index in [-0.39, 0.29) is 17.0 Å². The molecule has 3 aromatic rings. The van der Waals surface area contributed by atoms with Gasteiger partial charge in [0.2, 0.25) is 10.0 Å². The summed E-state index contributed by atoms with van der Waals surface area (Å²) in [6, 6.07) is 14.4. The van der Waals surface area contributed by atoms with Crippen LogP contribution in [0.1, 0.15) is 21.5 Å². The number of aryl methyl sites for hydroxylation is 1. The lowest BCUT2D eigenvalue weighted by molar-refractivity contribution is -0.141. The number of halogens is 1. The number of carbonyl (C=O) groups is 2. The summed E-state index contributed by atoms with van der Waals surface area (Å²) in [7, 11) is -2.83. The maximum absolute atomic E-state index is 14.0. The monoisotopic (exact) mass is 498 g/mol. The average Bonchev–Trinajstić information content (AvgIpc) is 3.03. The molecule has 4 rings (SSSR count). The number of carbonyl (C=O) groups excluding carboxylic acids is 1. The van der Waals surface area contributed by atoms with Gasteiger partial charge in [-0.3, -0.25) is 9.59 Å². The molecule has 0 aliphatic carbocycles. The highest BCUT2D eigenvalue weighted by atomic mass is 32.2. The van der Waals surface area contributed by atoms with Crippen molar-refractivity contribution in [1.29, 1.82) is 0 Å². The summed E-state index contributed by atoms with van der Waals surface area (Å²) in [6.07, 6.45) is 0. The zero-order valence-corrected chi connectivity index (χ0v) is 19.8. The Hall–Kier alpha value is -3.76. The predicted molar refractivity (Wildman–Crippen MR) is 126 cm³/mol. The molecule has 0 aromatic heterocycles. The Kier molecular flexibility index (Phi) is 6.60. The Morgan fingerprint density at radius 3 is 2.40 bits per heavy atom. The molecule has 0 saturated heterocycles. The first-order valence-corrected chi connectivity index (χ1v) is 12.1. The number of benzene rings is 3. The third kappa shape index (κ3) is 4.62. The fraction of sp³-hybridized carbons (Fsp3) is 0.200. The number of rotatable bonds is 5. The Balaban J connectivity index is 1.83. The van der Waals surface area contributed by atoms with Gasteiger partial charge >= 0.3 is 5.97 Å². The topological polar surface area (TPSA) is 104 Å². The molecule has 1 unspecified atom stereocenters. The number of hydrogen-bond donors (Lipinski definition) is 1. The van der Waals surface area contributed by atoms with Crippen LogP contribution in [0.4, 0.5) is 10.1 Å². The third-order valence-corrected chi connectivity index (χ3v) is 7.81. The van der Waals surface area contributed by atoms with Crippen LogP contribution < -0.4 is 9.64 Å². The molecule has 0 bridgehead atoms. The first-order valence-electron chi connectivity index (χ1n) is 10.7. The minimum absolute atomic E-state index is 0.0652. The van der Waals surface area contributed by atoms with Crippen molar-refractivity contribution in [2.24, 2.45) is 0 Å². The molecule has 1 atom stereocenters. The number of sulfonamides is 1. The first-order chi connectivity index (χ1) is 16.6. The molecule has 35 heavy (non-hydrogen) atoms. The number of fused-ring (bicyclic) bond motifs is 1. The molecule has 10 heteroatoms. The normalized spacial score (nSPS) is 16.3. The van der Waals surface area contributed by atoms with Crippen LogP contribution in [-0.2, 0) is 21.4 Å². The van der Waals surface area contributed by atoms with Crippen LogP contribution in [-0.4, -0.2) is 49.4 Å². The molecule has 0 spiro atoms. The van der Waals surface area contributed by atoms with E-state index in [1.807, 2.05) is 0 Å². The van der Waals surface area contributed by atoms with Gasteiger partial charge in [-0.05, 0) is 60.5 Å². The van der Waals surface area contributed by atoms with Gasteiger partial charge in [0.25, 0.3) is 5.91 Å². The van der Waals surface area contributed by atoms with E-state index in [1.54, 1.807) is 31.2 Å². The highest BCUT2D eigenvalue weighted by molar-refractivity contribution is 7.89. The van der Waals surface area contributed by atoms with Crippen molar-refractivity contribution in [3.8, 4) is 5.75 Å². The van der Waals surface area contributed by atoms with Crippen molar-refractivity contribution >= 4 is 27.6 Å². The van der Waals surface area contributed by atoms with Crippen LogP contribution in [0.3, 0.4) is 0 Å². The Bertz CT molecular complexity index is 1390. The highest BCUT2D eigenvalue weighted by Gasteiger charge is 2.41. The Morgan fingerprint density at radius 1 is 1.06 bits per heavy atom. The lowest BCUT2D eigenvalue weighted by atomic mass is 10.1. The number of para-hydroxylation sites is 1. The molecular formula is C25H23FN2O6S. The van der Waals surface area contributed by atoms with Crippen molar-refractivity contribution < 1.29 is 32.2 Å². The van der Waals surface area contributed by atoms with Gasteiger partial charge in [-0.25, -0.2) is 12.8 Å². The SMILES string of the molecule is COc1ccc(S(=O)(=O)N2Cc3ccccc3N(C(=O)c3cc(F)ccc3C)CC2C(=O)O)cc1. The number of methoxy groups -OCH3 is 1. The third-order valence-electron chi connectivity index (χ3n) is 5.94. The fourth-order valence-corrected chi connectivity index (χ4v) is 5.60. The highest BCUT2D eigenvalue weighted by Crippen LogP contribution is 2.33. The number of aliphatic carboxylic acids is 1. The number of carboxylic acid groups (broad SMARTS) is 1. The quantitative estimate of drug-likeness (QED) is 0.578. The van der Waals surface area contributed by atoms with Gasteiger partial charge in [-0.1, -0.05) is 24.3 Å². The van der Waals surface area contributed by atoms with Crippen molar-refractivity contribution in [2.45, 2.75) is 24.4 Å². The fourth-order valence-electron chi connectivity index (χ4n) is 4.05. The van der Waals surface area contributed by atoms with Crippen LogP contribution in [0.25, 0.3) is 0 Å². The van der Waals surface area contributed by atoms with Gasteiger partial charge in [0.1, 0.15) is 17.6 Å². The van der Waals surface area contributed by atoms with Crippen LogP contribution in [0.5, 0.6) is 5.75 Å². The maximum atomic E-state index is 14.0. The van der Waals surface area contributed by atoms with E-state index in [0.717, 1.165) is 10.4 Å². The number of hydrogen-bond acceptors (Lipinski definition) is 5. The summed E-state index contributed by atoms with van der Waals surface area (Å²) in [6.45, 7) is 0.912. The molecule has 1 N–H and O–H groups in total. The standard InChI is InChI=1S/C25H23FN2O6S/c1-16-7-8-18(26)13-21(16)24(29)27-15-23(25(30)31)28(14-17-5-3-4-6-22(17)27)35(32,33)20-11-9-19(34-2)10-12-20/h3-13,23H,14-15H2,1-2H3,(H,30,31). The van der Waals surface area contributed by atoms with Crippen LogP contribution in [0.15, 0.2) is 71.6 Å². The van der Waals surface area contributed by atoms with Gasteiger partial charge in [0, 0.05) is 17.8 Å². The van der Waals surface area contributed by atoms with E-state index in [1.165, 1.54) is 48.4 Å². The van der Waals surface area contributed by atoms with Crippen LogP contribution in [0.2, 0.25) is 0 Å². The first kappa shape index (κ1) is 24.4. The van der Waals surface area contributed by atoms with Crippen LogP contribution >= 0.6 is 0 Å². The van der Waals surface area contributed by atoms with Gasteiger partial charge in [-0.2, -0.15) is 4.31 Å². The second-order valence-electron chi connectivity index (χ2n) is 8.08. The van der Waals surface area contributed by atoms with Gasteiger partial charge in [0.05, 0.1) is 18.6 Å². The molecule has 8 nitrogen and oxygen atoms in total. The molecule has 1 aliphatic heterocycles. The summed E-state index contributed by atoms with van der Waals surface area (Å²) in [4.78, 5) is 27.0. The number of ether oxygens (including phenoxy) is 1. The van der Waals surface area contributed by atoms with Gasteiger partial charge < -0.3 is 14.7 Å². The van der Waals surface area contributed by atoms with E-state index >= 15 is 0 Å². The zero-order chi connectivity index (χ0) is 25.3. The molecule has 0 radical (unpaired) electrons. The molecule has 1 heterocycles. The Morgan fingerprint density at radius 2 is 1.74 bits per heavy atom. The van der Waals surface area contributed by atoms with Crippen LogP contribution in [0, 0.1) is 12.7 Å². The van der Waals surface area contributed by atoms with Crippen molar-refractivity contribution in [1.82, 2.24) is 4.31 Å². The predicted octanol–water partition coefficient (Wildman–Crippen LogP) is 3.45. The summed E-state index contributed by atoms with van der Waals surface area (Å²) in [5, 5.41) is 10.0. The van der Waals surface area contributed by atoms with E-state index < -0.39 is 40.3 Å². The number of carboxylic acids is 1. The van der Waals surface area contributed by atoms with E-state index in [2.05, 4.69) is 0 Å². The summed E-state index contributed by atoms with van der Waals surface area (Å²) in [5.74, 6) is -2.20. The maximum Gasteiger partial charge on any atom is 0.323 e. The average molecular weight is 499 g/mol. The van der Waals surface area contributed by atoms with Gasteiger partial charge in [-0.15, -0.1) is 0 Å². The number of nitrogens with zero attached hydrogens (tertiary/aromatic N) is 2. The van der Waals surface area contributed by atoms with E-state index in [9.17, 15) is 27.5 Å². The number of anilines is 1. The second kappa shape index (κ2) is 9.47. The molecule has 0 fully saturated rings. The van der Waals surface area contributed by atoms with E-state index in [0.29, 0.717) is 22.6 Å². The Labute approximate surface area is 202 Å². The van der Waals surface area contributed by atoms with Crippen molar-refractivity contribution in [3.63, 3.8) is 0 Å².